The molecule has 1 aliphatic carbocycles. The van der Waals surface area contributed by atoms with Crippen molar-refractivity contribution in [2.75, 3.05) is 18.4 Å². The van der Waals surface area contributed by atoms with Crippen LogP contribution in [-0.2, 0) is 15.8 Å². The van der Waals surface area contributed by atoms with Gasteiger partial charge in [-0.3, -0.25) is 19.6 Å². The first kappa shape index (κ1) is 31.5. The van der Waals surface area contributed by atoms with Crippen LogP contribution in [0.15, 0.2) is 57.9 Å². The van der Waals surface area contributed by atoms with Gasteiger partial charge in [0.1, 0.15) is 23.2 Å². The number of carbonyl (C=O) groups excluding carboxylic acids is 2. The van der Waals surface area contributed by atoms with Crippen LogP contribution in [-0.4, -0.2) is 70.4 Å². The van der Waals surface area contributed by atoms with Crippen molar-refractivity contribution in [1.29, 1.82) is 0 Å². The molecule has 4 aliphatic rings. The summed E-state index contributed by atoms with van der Waals surface area (Å²) < 4.78 is 110. The van der Waals surface area contributed by atoms with Crippen LogP contribution in [0.4, 0.5) is 40.8 Å². The van der Waals surface area contributed by atoms with Crippen molar-refractivity contribution in [3.63, 3.8) is 0 Å². The van der Waals surface area contributed by atoms with Crippen molar-refractivity contribution in [2.24, 2.45) is 4.99 Å². The van der Waals surface area contributed by atoms with E-state index in [1.807, 2.05) is 5.32 Å². The fourth-order valence-electron chi connectivity index (χ4n) is 5.86. The number of nitrogens with one attached hydrogen (secondary N) is 2. The summed E-state index contributed by atoms with van der Waals surface area (Å²) in [5, 5.41) is 17.8. The number of allylic oxidation sites excluding steroid dienone is 2. The number of hydrogen-bond donors (Lipinski definition) is 3. The highest BCUT2D eigenvalue weighted by atomic mass is 19.4. The Bertz CT molecular complexity index is 1480. The monoisotopic (exact) mass is 633 g/mol. The minimum atomic E-state index is -4.90. The zero-order chi connectivity index (χ0) is 32.2. The fraction of sp³-hybridized carbons (Fsp3) is 0.464. The second-order valence-electron chi connectivity index (χ2n) is 11.1. The van der Waals surface area contributed by atoms with Crippen molar-refractivity contribution in [1.82, 2.24) is 15.3 Å². The molecule has 0 radical (unpaired) electrons. The highest BCUT2D eigenvalue weighted by Crippen LogP contribution is 2.43. The molecule has 0 spiro atoms. The number of carbonyl (C=O) groups is 2. The van der Waals surface area contributed by atoms with Gasteiger partial charge in [0, 0.05) is 17.8 Å². The number of aliphatic hydroxyl groups excluding tert-OH is 1. The van der Waals surface area contributed by atoms with Crippen molar-refractivity contribution >= 4 is 23.8 Å². The maximum Gasteiger partial charge on any atom is 0.431 e. The first-order chi connectivity index (χ1) is 20.5. The first-order valence-corrected chi connectivity index (χ1v) is 13.6. The van der Waals surface area contributed by atoms with E-state index in [-0.39, 0.29) is 31.4 Å². The van der Waals surface area contributed by atoms with E-state index in [4.69, 9.17) is 0 Å². The maximum atomic E-state index is 14.7. The summed E-state index contributed by atoms with van der Waals surface area (Å²) in [6.45, 7) is 1.37. The van der Waals surface area contributed by atoms with E-state index in [1.165, 1.54) is 11.1 Å². The number of alkyl halides is 8. The SMILES string of the molecule is C[C@]12CCCN1N(CC1=CCCC(F)C1F)C(=O)C(C(=O)Nc1ccc(C(F)(F)F)cc1C1C=C(C(F)(F)F)NC=N1)=C2O. The van der Waals surface area contributed by atoms with Gasteiger partial charge in [-0.25, -0.2) is 13.8 Å². The standard InChI is InChI=1S/C28H27F8N5O3/c1-26-8-3-9-41(26)40(12-14-4-2-5-17(29)22(14)30)25(44)21(23(26)42)24(43)39-18-7-6-15(27(31,32)33)10-16(18)19-11-20(28(34,35)36)38-13-37-19/h4,6-7,10-11,13,17,19,22,42H,2-3,5,8-9,12H2,1H3,(H,37,38)(H,39,43)/t17?,19?,22?,26-/m1/s1. The largest absolute Gasteiger partial charge is 0.509 e. The van der Waals surface area contributed by atoms with Gasteiger partial charge < -0.3 is 15.7 Å². The van der Waals surface area contributed by atoms with Crippen LogP contribution in [0.25, 0.3) is 0 Å². The van der Waals surface area contributed by atoms with Gasteiger partial charge in [0.15, 0.2) is 6.17 Å². The Morgan fingerprint density at radius 1 is 1.18 bits per heavy atom. The number of fused-ring (bicyclic) bond motifs is 1. The Labute approximate surface area is 245 Å². The summed E-state index contributed by atoms with van der Waals surface area (Å²) in [6.07, 6.45) is -9.97. The Morgan fingerprint density at radius 3 is 2.59 bits per heavy atom. The highest BCUT2D eigenvalue weighted by Gasteiger charge is 2.53. The van der Waals surface area contributed by atoms with Crippen LogP contribution < -0.4 is 10.6 Å². The Kier molecular flexibility index (Phi) is 8.01. The third kappa shape index (κ3) is 5.66. The number of hydrazine groups is 1. The van der Waals surface area contributed by atoms with Crippen molar-refractivity contribution in [3.8, 4) is 0 Å². The molecular formula is C28H27F8N5O3. The van der Waals surface area contributed by atoms with Gasteiger partial charge in [-0.2, -0.15) is 26.3 Å². The van der Waals surface area contributed by atoms with Gasteiger partial charge in [-0.1, -0.05) is 6.08 Å². The lowest BCUT2D eigenvalue weighted by atomic mass is 9.90. The molecule has 1 saturated heterocycles. The van der Waals surface area contributed by atoms with Gasteiger partial charge in [0.25, 0.3) is 11.8 Å². The van der Waals surface area contributed by atoms with E-state index in [9.17, 15) is 49.8 Å². The molecule has 2 amide bonds. The Morgan fingerprint density at radius 2 is 1.91 bits per heavy atom. The number of amides is 2. The molecule has 1 aromatic rings. The van der Waals surface area contributed by atoms with E-state index >= 15 is 0 Å². The summed E-state index contributed by atoms with van der Waals surface area (Å²) in [7, 11) is 0. The van der Waals surface area contributed by atoms with Gasteiger partial charge in [0.2, 0.25) is 0 Å². The van der Waals surface area contributed by atoms with Crippen LogP contribution in [0.5, 0.6) is 0 Å². The topological polar surface area (TPSA) is 97.3 Å². The zero-order valence-corrected chi connectivity index (χ0v) is 23.1. The molecule has 3 aliphatic heterocycles. The number of nitrogens with zero attached hydrogens (tertiary/aromatic N) is 3. The number of aliphatic imine (C=N–C) groups is 1. The molecule has 3 heterocycles. The van der Waals surface area contributed by atoms with Crippen molar-refractivity contribution < 1.29 is 49.8 Å². The molecule has 0 saturated carbocycles. The summed E-state index contributed by atoms with van der Waals surface area (Å²) >= 11 is 0. The van der Waals surface area contributed by atoms with Crippen LogP contribution in [0.1, 0.15) is 49.8 Å². The minimum absolute atomic E-state index is 0.0199. The van der Waals surface area contributed by atoms with E-state index in [2.05, 4.69) is 10.3 Å². The molecule has 5 rings (SSSR count). The molecule has 16 heteroatoms. The number of rotatable bonds is 5. The predicted octanol–water partition coefficient (Wildman–Crippen LogP) is 5.58. The van der Waals surface area contributed by atoms with E-state index in [0.29, 0.717) is 31.0 Å². The van der Waals surface area contributed by atoms with Gasteiger partial charge in [-0.15, -0.1) is 0 Å². The molecule has 3 unspecified atom stereocenters. The summed E-state index contributed by atoms with van der Waals surface area (Å²) in [5.41, 5.74) is -5.51. The lowest BCUT2D eigenvalue weighted by Gasteiger charge is -2.47. The Hall–Kier alpha value is -3.95. The average Bonchev–Trinajstić information content (AvgIpc) is 3.35. The average molecular weight is 634 g/mol. The zero-order valence-electron chi connectivity index (χ0n) is 23.1. The third-order valence-electron chi connectivity index (χ3n) is 8.20. The van der Waals surface area contributed by atoms with E-state index in [0.717, 1.165) is 11.1 Å². The quantitative estimate of drug-likeness (QED) is 0.224. The fourth-order valence-corrected chi connectivity index (χ4v) is 5.86. The Balaban J connectivity index is 1.52. The van der Waals surface area contributed by atoms with Gasteiger partial charge in [-0.05, 0) is 62.5 Å². The predicted molar refractivity (Wildman–Crippen MR) is 141 cm³/mol. The molecular weight excluding hydrogens is 606 g/mol. The molecule has 0 bridgehead atoms. The second-order valence-corrected chi connectivity index (χ2v) is 11.1. The molecule has 0 aromatic heterocycles. The lowest BCUT2D eigenvalue weighted by Crippen LogP contribution is -2.61. The second kappa shape index (κ2) is 11.2. The van der Waals surface area contributed by atoms with Crippen molar-refractivity contribution in [2.45, 2.75) is 68.9 Å². The van der Waals surface area contributed by atoms with Gasteiger partial charge >= 0.3 is 12.4 Å². The molecule has 238 valence electrons. The highest BCUT2D eigenvalue weighted by molar-refractivity contribution is 6.23. The minimum Gasteiger partial charge on any atom is -0.509 e. The summed E-state index contributed by atoms with van der Waals surface area (Å²) in [6, 6.07) is 0.304. The lowest BCUT2D eigenvalue weighted by molar-refractivity contribution is -0.157. The third-order valence-corrected chi connectivity index (χ3v) is 8.20. The number of halogens is 8. The first-order valence-electron chi connectivity index (χ1n) is 13.6. The molecule has 1 aromatic carbocycles. The molecule has 44 heavy (non-hydrogen) atoms. The van der Waals surface area contributed by atoms with Crippen LogP contribution in [0.2, 0.25) is 0 Å². The van der Waals surface area contributed by atoms with Crippen LogP contribution >= 0.6 is 0 Å². The number of benzene rings is 1. The summed E-state index contributed by atoms with van der Waals surface area (Å²) in [5.74, 6) is -2.97. The van der Waals surface area contributed by atoms with E-state index in [1.54, 1.807) is 6.92 Å². The van der Waals surface area contributed by atoms with Gasteiger partial charge in [0.05, 0.1) is 30.0 Å². The number of anilines is 1. The maximum absolute atomic E-state index is 14.7. The molecule has 8 nitrogen and oxygen atoms in total. The smallest absolute Gasteiger partial charge is 0.431 e. The van der Waals surface area contributed by atoms with Crippen molar-refractivity contribution in [3.05, 3.63) is 64.1 Å². The molecule has 1 fully saturated rings. The van der Waals surface area contributed by atoms with E-state index < -0.39 is 88.5 Å². The summed E-state index contributed by atoms with van der Waals surface area (Å²) in [4.78, 5) is 31.1. The van der Waals surface area contributed by atoms with Crippen LogP contribution in [0.3, 0.4) is 0 Å². The number of aliphatic hydroxyl groups is 1. The normalized spacial score (nSPS) is 28.0. The molecule has 3 N–H and O–H groups in total. The van der Waals surface area contributed by atoms with Crippen LogP contribution in [0, 0.1) is 0 Å². The number of hydrogen-bond acceptors (Lipinski definition) is 6. The molecule has 4 atom stereocenters.